The Balaban J connectivity index is 1.66. The monoisotopic (exact) mass is 480 g/mol. The van der Waals surface area contributed by atoms with Gasteiger partial charge in [-0.2, -0.15) is 0 Å². The molecule has 0 bridgehead atoms. The Kier molecular flexibility index (Phi) is 7.58. The molecule has 3 N–H and O–H groups in total. The van der Waals surface area contributed by atoms with Crippen molar-refractivity contribution < 1.29 is 24.2 Å². The summed E-state index contributed by atoms with van der Waals surface area (Å²) in [5, 5.41) is 14.9. The number of amides is 2. The molecule has 0 saturated carbocycles. The lowest BCUT2D eigenvalue weighted by Gasteiger charge is -2.32. The van der Waals surface area contributed by atoms with Gasteiger partial charge in [-0.15, -0.1) is 0 Å². The molecule has 2 atom stereocenters. The van der Waals surface area contributed by atoms with Gasteiger partial charge in [-0.25, -0.2) is 9.59 Å². The Bertz CT molecular complexity index is 1050. The molecule has 0 fully saturated rings. The number of fused-ring (bicyclic) bond motifs is 3. The van der Waals surface area contributed by atoms with E-state index in [1.54, 1.807) is 20.8 Å². The van der Waals surface area contributed by atoms with Gasteiger partial charge >= 0.3 is 12.1 Å². The summed E-state index contributed by atoms with van der Waals surface area (Å²) >= 11 is 0. The third kappa shape index (κ3) is 6.21. The average Bonchev–Trinajstić information content (AvgIpc) is 3.08. The second-order valence-electron chi connectivity index (χ2n) is 11.3. The quantitative estimate of drug-likeness (QED) is 0.520. The Morgan fingerprint density at radius 2 is 1.37 bits per heavy atom. The number of carboxylic acid groups (broad SMARTS) is 1. The molecule has 2 unspecified atom stereocenters. The van der Waals surface area contributed by atoms with Crippen LogP contribution >= 0.6 is 0 Å². The van der Waals surface area contributed by atoms with Crippen molar-refractivity contribution in [2.24, 2.45) is 10.8 Å². The zero-order valence-electron chi connectivity index (χ0n) is 21.3. The van der Waals surface area contributed by atoms with Gasteiger partial charge in [0.15, 0.2) is 0 Å². The lowest BCUT2D eigenvalue weighted by atomic mass is 9.83. The molecule has 1 aliphatic carbocycles. The molecule has 35 heavy (non-hydrogen) atoms. The van der Waals surface area contributed by atoms with E-state index in [2.05, 4.69) is 34.9 Å². The maximum Gasteiger partial charge on any atom is 0.407 e. The van der Waals surface area contributed by atoms with Crippen LogP contribution in [0.25, 0.3) is 11.1 Å². The molecular weight excluding hydrogens is 444 g/mol. The highest BCUT2D eigenvalue weighted by Gasteiger charge is 2.35. The molecule has 3 rings (SSSR count). The zero-order valence-corrected chi connectivity index (χ0v) is 21.3. The number of nitrogens with one attached hydrogen (secondary N) is 2. The maximum absolute atomic E-state index is 12.8. The molecule has 0 heterocycles. The average molecular weight is 481 g/mol. The minimum absolute atomic E-state index is 0.0619. The third-order valence-corrected chi connectivity index (χ3v) is 6.49. The Labute approximate surface area is 207 Å². The first-order chi connectivity index (χ1) is 16.3. The van der Waals surface area contributed by atoms with Crippen molar-refractivity contribution in [2.75, 3.05) is 6.61 Å². The predicted molar refractivity (Wildman–Crippen MR) is 135 cm³/mol. The van der Waals surface area contributed by atoms with Crippen molar-refractivity contribution >= 4 is 18.0 Å². The molecule has 0 aromatic heterocycles. The number of benzene rings is 2. The van der Waals surface area contributed by atoms with E-state index in [4.69, 9.17) is 4.74 Å². The summed E-state index contributed by atoms with van der Waals surface area (Å²) in [4.78, 5) is 37.1. The standard InChI is InChI=1S/C28H36N2O5/c1-27(2,3)22(15-23(31)30-24(25(32)33)28(4,5)6)29-26(34)35-16-21-19-13-9-7-11-17(19)18-12-8-10-14-20(18)21/h7-14,21-22,24H,15-16H2,1-6H3,(H,29,34)(H,30,31)(H,32,33). The molecular formula is C28H36N2O5. The molecule has 0 saturated heterocycles. The van der Waals surface area contributed by atoms with Crippen molar-refractivity contribution in [1.82, 2.24) is 10.6 Å². The number of hydrogen-bond donors (Lipinski definition) is 3. The van der Waals surface area contributed by atoms with E-state index < -0.39 is 40.9 Å². The molecule has 1 aliphatic rings. The van der Waals surface area contributed by atoms with Crippen molar-refractivity contribution in [1.29, 1.82) is 0 Å². The predicted octanol–water partition coefficient (Wildman–Crippen LogP) is 4.95. The number of hydrogen-bond acceptors (Lipinski definition) is 4. The topological polar surface area (TPSA) is 105 Å². The van der Waals surface area contributed by atoms with Crippen LogP contribution in [0, 0.1) is 10.8 Å². The van der Waals surface area contributed by atoms with E-state index >= 15 is 0 Å². The van der Waals surface area contributed by atoms with Crippen molar-refractivity contribution in [2.45, 2.75) is 66.0 Å². The van der Waals surface area contributed by atoms with Crippen LogP contribution in [0.3, 0.4) is 0 Å². The SMILES string of the molecule is CC(C)(C)C(CC(=O)NC(C(=O)O)C(C)(C)C)NC(=O)OCC1c2ccccc2-c2ccccc21. The number of carbonyl (C=O) groups is 3. The number of carboxylic acids is 1. The van der Waals surface area contributed by atoms with E-state index in [1.807, 2.05) is 45.0 Å². The van der Waals surface area contributed by atoms with E-state index in [-0.39, 0.29) is 18.9 Å². The number of carbonyl (C=O) groups excluding carboxylic acids is 2. The van der Waals surface area contributed by atoms with Gasteiger partial charge in [0.25, 0.3) is 0 Å². The highest BCUT2D eigenvalue weighted by molar-refractivity contribution is 5.85. The number of aliphatic carboxylic acids is 1. The van der Waals surface area contributed by atoms with Gasteiger partial charge in [-0.1, -0.05) is 90.1 Å². The normalized spacial score (nSPS) is 14.9. The maximum atomic E-state index is 12.8. The molecule has 7 heteroatoms. The molecule has 188 valence electrons. The summed E-state index contributed by atoms with van der Waals surface area (Å²) in [6.07, 6.45) is -0.668. The van der Waals surface area contributed by atoms with Crippen LogP contribution in [0.15, 0.2) is 48.5 Å². The van der Waals surface area contributed by atoms with Crippen LogP contribution in [0.4, 0.5) is 4.79 Å². The lowest BCUT2D eigenvalue weighted by Crippen LogP contribution is -2.52. The summed E-state index contributed by atoms with van der Waals surface area (Å²) in [6, 6.07) is 14.6. The summed E-state index contributed by atoms with van der Waals surface area (Å²) in [7, 11) is 0. The van der Waals surface area contributed by atoms with Crippen LogP contribution in [-0.2, 0) is 14.3 Å². The Hall–Kier alpha value is -3.35. The van der Waals surface area contributed by atoms with Gasteiger partial charge in [0.2, 0.25) is 5.91 Å². The summed E-state index contributed by atoms with van der Waals surface area (Å²) < 4.78 is 5.64. The van der Waals surface area contributed by atoms with Crippen molar-refractivity contribution in [3.63, 3.8) is 0 Å². The van der Waals surface area contributed by atoms with Gasteiger partial charge in [0.1, 0.15) is 12.6 Å². The minimum atomic E-state index is -1.09. The summed E-state index contributed by atoms with van der Waals surface area (Å²) in [5.74, 6) is -1.60. The largest absolute Gasteiger partial charge is 0.480 e. The van der Waals surface area contributed by atoms with Crippen LogP contribution in [-0.4, -0.2) is 41.8 Å². The highest BCUT2D eigenvalue weighted by atomic mass is 16.5. The second kappa shape index (κ2) is 10.1. The number of alkyl carbamates (subject to hydrolysis) is 1. The smallest absolute Gasteiger partial charge is 0.407 e. The van der Waals surface area contributed by atoms with Gasteiger partial charge < -0.3 is 20.5 Å². The number of ether oxygens (including phenoxy) is 1. The first-order valence-electron chi connectivity index (χ1n) is 11.9. The molecule has 0 spiro atoms. The fourth-order valence-corrected chi connectivity index (χ4v) is 4.41. The van der Waals surface area contributed by atoms with E-state index in [0.29, 0.717) is 0 Å². The van der Waals surface area contributed by atoms with E-state index in [1.165, 1.54) is 0 Å². The molecule has 2 aromatic carbocycles. The molecule has 7 nitrogen and oxygen atoms in total. The fourth-order valence-electron chi connectivity index (χ4n) is 4.41. The van der Waals surface area contributed by atoms with E-state index in [9.17, 15) is 19.5 Å². The highest BCUT2D eigenvalue weighted by Crippen LogP contribution is 2.44. The second-order valence-corrected chi connectivity index (χ2v) is 11.3. The first kappa shape index (κ1) is 26.3. The van der Waals surface area contributed by atoms with Crippen LogP contribution in [0.1, 0.15) is 65.0 Å². The lowest BCUT2D eigenvalue weighted by molar-refractivity contribution is -0.145. The summed E-state index contributed by atoms with van der Waals surface area (Å²) in [6.45, 7) is 11.2. The van der Waals surface area contributed by atoms with Crippen LogP contribution in [0.5, 0.6) is 0 Å². The molecule has 2 amide bonds. The Morgan fingerprint density at radius 3 is 1.83 bits per heavy atom. The third-order valence-electron chi connectivity index (χ3n) is 6.49. The zero-order chi connectivity index (χ0) is 26.0. The fraction of sp³-hybridized carbons (Fsp3) is 0.464. The minimum Gasteiger partial charge on any atom is -0.480 e. The Morgan fingerprint density at radius 1 is 0.857 bits per heavy atom. The number of rotatable bonds is 7. The van der Waals surface area contributed by atoms with E-state index in [0.717, 1.165) is 22.3 Å². The van der Waals surface area contributed by atoms with Crippen LogP contribution < -0.4 is 10.6 Å². The summed E-state index contributed by atoms with van der Waals surface area (Å²) in [5.41, 5.74) is 3.43. The van der Waals surface area contributed by atoms with Crippen molar-refractivity contribution in [3.05, 3.63) is 59.7 Å². The van der Waals surface area contributed by atoms with Gasteiger partial charge in [0.05, 0.1) is 0 Å². The van der Waals surface area contributed by atoms with Gasteiger partial charge in [-0.05, 0) is 33.1 Å². The van der Waals surface area contributed by atoms with Gasteiger partial charge in [0, 0.05) is 18.4 Å². The van der Waals surface area contributed by atoms with Crippen LogP contribution in [0.2, 0.25) is 0 Å². The first-order valence-corrected chi connectivity index (χ1v) is 11.9. The molecule has 2 aromatic rings. The van der Waals surface area contributed by atoms with Crippen molar-refractivity contribution in [3.8, 4) is 11.1 Å². The van der Waals surface area contributed by atoms with Gasteiger partial charge in [-0.3, -0.25) is 4.79 Å². The molecule has 0 radical (unpaired) electrons. The molecule has 0 aliphatic heterocycles.